The molecule has 2 N–H and O–H groups in total. The van der Waals surface area contributed by atoms with Crippen LogP contribution in [0.15, 0.2) is 24.3 Å². The zero-order valence-corrected chi connectivity index (χ0v) is 12.9. The minimum absolute atomic E-state index is 0.0830. The van der Waals surface area contributed by atoms with E-state index in [4.69, 9.17) is 4.74 Å². The molecule has 0 spiro atoms. The lowest BCUT2D eigenvalue weighted by Gasteiger charge is -2.26. The lowest BCUT2D eigenvalue weighted by atomic mass is 10.1. The fraction of sp³-hybridized carbons (Fsp3) is 0.500. The van der Waals surface area contributed by atoms with Gasteiger partial charge in [0.2, 0.25) is 5.91 Å². The summed E-state index contributed by atoms with van der Waals surface area (Å²) in [6.45, 7) is 6.73. The van der Waals surface area contributed by atoms with E-state index in [1.54, 1.807) is 12.1 Å². The van der Waals surface area contributed by atoms with Crippen molar-refractivity contribution < 1.29 is 14.3 Å². The van der Waals surface area contributed by atoms with Gasteiger partial charge >= 0.3 is 0 Å². The minimum atomic E-state index is -0.0852. The maximum atomic E-state index is 12.1. The molecule has 6 heteroatoms. The number of benzene rings is 1. The molecule has 1 aromatic rings. The molecule has 1 saturated heterocycles. The summed E-state index contributed by atoms with van der Waals surface area (Å²) in [5.74, 6) is -0.168. The Labute approximate surface area is 130 Å². The molecular weight excluding hydrogens is 282 g/mol. The Morgan fingerprint density at radius 1 is 1.23 bits per heavy atom. The van der Waals surface area contributed by atoms with Crippen molar-refractivity contribution >= 4 is 11.8 Å². The van der Waals surface area contributed by atoms with Gasteiger partial charge in [-0.1, -0.05) is 12.1 Å². The van der Waals surface area contributed by atoms with Gasteiger partial charge in [0, 0.05) is 45.2 Å². The highest BCUT2D eigenvalue weighted by Gasteiger charge is 2.11. The van der Waals surface area contributed by atoms with E-state index in [0.717, 1.165) is 38.4 Å². The van der Waals surface area contributed by atoms with E-state index in [1.807, 2.05) is 12.1 Å². The van der Waals surface area contributed by atoms with Crippen LogP contribution in [0.1, 0.15) is 22.8 Å². The molecular formula is C16H23N3O3. The summed E-state index contributed by atoms with van der Waals surface area (Å²) in [6, 6.07) is 7.30. The van der Waals surface area contributed by atoms with Gasteiger partial charge in [0.15, 0.2) is 0 Å². The van der Waals surface area contributed by atoms with Crippen LogP contribution in [0.25, 0.3) is 0 Å². The Kier molecular flexibility index (Phi) is 6.36. The minimum Gasteiger partial charge on any atom is -0.379 e. The summed E-state index contributed by atoms with van der Waals surface area (Å²) in [6.07, 6.45) is 0. The van der Waals surface area contributed by atoms with Crippen molar-refractivity contribution in [3.05, 3.63) is 35.4 Å². The molecule has 0 aromatic heterocycles. The molecule has 0 saturated carbocycles. The molecule has 2 rings (SSSR count). The third kappa shape index (κ3) is 5.46. The van der Waals surface area contributed by atoms with Crippen LogP contribution in [0, 0.1) is 0 Å². The highest BCUT2D eigenvalue weighted by Crippen LogP contribution is 2.05. The molecule has 0 aliphatic carbocycles. The van der Waals surface area contributed by atoms with Crippen LogP contribution in [0.3, 0.4) is 0 Å². The number of amides is 2. The molecule has 1 aliphatic rings. The van der Waals surface area contributed by atoms with E-state index >= 15 is 0 Å². The second-order valence-corrected chi connectivity index (χ2v) is 5.32. The smallest absolute Gasteiger partial charge is 0.251 e. The highest BCUT2D eigenvalue weighted by molar-refractivity contribution is 5.94. The summed E-state index contributed by atoms with van der Waals surface area (Å²) in [5.41, 5.74) is 1.53. The van der Waals surface area contributed by atoms with Crippen LogP contribution < -0.4 is 10.6 Å². The van der Waals surface area contributed by atoms with E-state index in [-0.39, 0.29) is 11.8 Å². The topological polar surface area (TPSA) is 70.7 Å². The lowest BCUT2D eigenvalue weighted by molar-refractivity contribution is -0.119. The third-order valence-electron chi connectivity index (χ3n) is 3.55. The maximum Gasteiger partial charge on any atom is 0.251 e. The van der Waals surface area contributed by atoms with E-state index in [0.29, 0.717) is 18.7 Å². The van der Waals surface area contributed by atoms with E-state index < -0.39 is 0 Å². The average molecular weight is 305 g/mol. The van der Waals surface area contributed by atoms with Gasteiger partial charge in [-0.3, -0.25) is 14.5 Å². The van der Waals surface area contributed by atoms with Crippen molar-refractivity contribution in [3.63, 3.8) is 0 Å². The van der Waals surface area contributed by atoms with Gasteiger partial charge in [-0.05, 0) is 17.7 Å². The first-order chi connectivity index (χ1) is 10.6. The van der Waals surface area contributed by atoms with Crippen LogP contribution in [0.5, 0.6) is 0 Å². The van der Waals surface area contributed by atoms with Crippen LogP contribution >= 0.6 is 0 Å². The summed E-state index contributed by atoms with van der Waals surface area (Å²) in [7, 11) is 0. The Bertz CT molecular complexity index is 513. The number of carbonyl (C=O) groups excluding carboxylic acids is 2. The summed E-state index contributed by atoms with van der Waals surface area (Å²) in [4.78, 5) is 25.3. The zero-order chi connectivity index (χ0) is 15.8. The number of ether oxygens (including phenoxy) is 1. The Morgan fingerprint density at radius 2 is 2.00 bits per heavy atom. The van der Waals surface area contributed by atoms with Gasteiger partial charge in [-0.2, -0.15) is 0 Å². The molecule has 0 atom stereocenters. The van der Waals surface area contributed by atoms with Gasteiger partial charge in [-0.15, -0.1) is 0 Å². The van der Waals surface area contributed by atoms with Gasteiger partial charge < -0.3 is 15.4 Å². The van der Waals surface area contributed by atoms with E-state index in [2.05, 4.69) is 15.5 Å². The number of carbonyl (C=O) groups is 2. The maximum absolute atomic E-state index is 12.1. The van der Waals surface area contributed by atoms with Gasteiger partial charge in [-0.25, -0.2) is 0 Å². The number of nitrogens with zero attached hydrogens (tertiary/aromatic N) is 1. The molecule has 22 heavy (non-hydrogen) atoms. The monoisotopic (exact) mass is 305 g/mol. The van der Waals surface area contributed by atoms with Crippen LogP contribution in [-0.2, 0) is 16.1 Å². The van der Waals surface area contributed by atoms with Crippen molar-refractivity contribution in [2.24, 2.45) is 0 Å². The molecule has 0 radical (unpaired) electrons. The second-order valence-electron chi connectivity index (χ2n) is 5.32. The predicted molar refractivity (Wildman–Crippen MR) is 83.6 cm³/mol. The van der Waals surface area contributed by atoms with E-state index in [9.17, 15) is 9.59 Å². The molecule has 1 aliphatic heterocycles. The SMILES string of the molecule is CC(=O)NCc1cccc(C(=O)NCCN2CCOCC2)c1. The number of nitrogens with one attached hydrogen (secondary N) is 2. The fourth-order valence-corrected chi connectivity index (χ4v) is 2.30. The molecule has 0 unspecified atom stereocenters. The van der Waals surface area contributed by atoms with Crippen LogP contribution in [-0.4, -0.2) is 56.1 Å². The highest BCUT2D eigenvalue weighted by atomic mass is 16.5. The van der Waals surface area contributed by atoms with Gasteiger partial charge in [0.25, 0.3) is 5.91 Å². The lowest BCUT2D eigenvalue weighted by Crippen LogP contribution is -2.41. The van der Waals surface area contributed by atoms with Crippen molar-refractivity contribution in [2.45, 2.75) is 13.5 Å². The number of hydrogen-bond donors (Lipinski definition) is 2. The number of morpholine rings is 1. The first-order valence-corrected chi connectivity index (χ1v) is 7.57. The standard InChI is InChI=1S/C16H23N3O3/c1-13(20)18-12-14-3-2-4-15(11-14)16(21)17-5-6-19-7-9-22-10-8-19/h2-4,11H,5-10,12H2,1H3,(H,17,21)(H,18,20). The zero-order valence-electron chi connectivity index (χ0n) is 12.9. The molecule has 1 fully saturated rings. The Hall–Kier alpha value is -1.92. The fourth-order valence-electron chi connectivity index (χ4n) is 2.30. The normalized spacial score (nSPS) is 15.3. The van der Waals surface area contributed by atoms with Crippen LogP contribution in [0.2, 0.25) is 0 Å². The molecule has 2 amide bonds. The Morgan fingerprint density at radius 3 is 2.73 bits per heavy atom. The van der Waals surface area contributed by atoms with Gasteiger partial charge in [0.05, 0.1) is 13.2 Å². The van der Waals surface area contributed by atoms with Gasteiger partial charge in [0.1, 0.15) is 0 Å². The predicted octanol–water partition coefficient (Wildman–Crippen LogP) is 0.385. The molecule has 120 valence electrons. The average Bonchev–Trinajstić information content (AvgIpc) is 2.54. The first-order valence-electron chi connectivity index (χ1n) is 7.57. The van der Waals surface area contributed by atoms with Crippen molar-refractivity contribution in [1.82, 2.24) is 15.5 Å². The van der Waals surface area contributed by atoms with Crippen molar-refractivity contribution in [1.29, 1.82) is 0 Å². The van der Waals surface area contributed by atoms with Crippen LogP contribution in [0.4, 0.5) is 0 Å². The summed E-state index contributed by atoms with van der Waals surface area (Å²) in [5, 5.41) is 5.65. The van der Waals surface area contributed by atoms with Crippen molar-refractivity contribution in [3.8, 4) is 0 Å². The summed E-state index contributed by atoms with van der Waals surface area (Å²) >= 11 is 0. The molecule has 1 aromatic carbocycles. The number of hydrogen-bond acceptors (Lipinski definition) is 4. The largest absolute Gasteiger partial charge is 0.379 e. The molecule has 6 nitrogen and oxygen atoms in total. The Balaban J connectivity index is 1.78. The quantitative estimate of drug-likeness (QED) is 0.797. The summed E-state index contributed by atoms with van der Waals surface area (Å²) < 4.78 is 5.29. The first kappa shape index (κ1) is 16.5. The molecule has 0 bridgehead atoms. The second kappa shape index (κ2) is 8.51. The van der Waals surface area contributed by atoms with Crippen molar-refractivity contribution in [2.75, 3.05) is 39.4 Å². The third-order valence-corrected chi connectivity index (χ3v) is 3.55. The van der Waals surface area contributed by atoms with E-state index in [1.165, 1.54) is 6.92 Å². The molecule has 1 heterocycles. The number of rotatable bonds is 6.